The first kappa shape index (κ1) is 10.6. The van der Waals surface area contributed by atoms with Crippen molar-refractivity contribution in [2.24, 2.45) is 0 Å². The normalized spacial score (nSPS) is 14.2. The molecule has 1 aliphatic rings. The quantitative estimate of drug-likeness (QED) is 0.760. The highest BCUT2D eigenvalue weighted by molar-refractivity contribution is 7.91. The number of ether oxygens (including phenoxy) is 2. The molecule has 0 atom stereocenters. The smallest absolute Gasteiger partial charge is 0.231 e. The SMILES string of the molecule is O=S(=O)(CCCl)c1ccc2c(c1)OCO2. The number of rotatable bonds is 3. The van der Waals surface area contributed by atoms with Crippen molar-refractivity contribution in [2.75, 3.05) is 18.4 Å². The highest BCUT2D eigenvalue weighted by atomic mass is 35.5. The van der Waals surface area contributed by atoms with Gasteiger partial charge in [-0.25, -0.2) is 8.42 Å². The minimum Gasteiger partial charge on any atom is -0.454 e. The van der Waals surface area contributed by atoms with Crippen molar-refractivity contribution in [3.8, 4) is 11.5 Å². The van der Waals surface area contributed by atoms with Crippen molar-refractivity contribution >= 4 is 21.4 Å². The lowest BCUT2D eigenvalue weighted by Gasteiger charge is -2.03. The van der Waals surface area contributed by atoms with Crippen LogP contribution in [-0.4, -0.2) is 26.8 Å². The number of hydrogen-bond acceptors (Lipinski definition) is 4. The fourth-order valence-corrected chi connectivity index (χ4v) is 2.90. The predicted molar refractivity (Wildman–Crippen MR) is 55.3 cm³/mol. The molecular formula is C9H9ClO4S. The molecule has 6 heteroatoms. The Morgan fingerprint density at radius 2 is 2.00 bits per heavy atom. The van der Waals surface area contributed by atoms with Crippen molar-refractivity contribution in [1.82, 2.24) is 0 Å². The highest BCUT2D eigenvalue weighted by Crippen LogP contribution is 2.34. The van der Waals surface area contributed by atoms with E-state index in [9.17, 15) is 8.42 Å². The van der Waals surface area contributed by atoms with Gasteiger partial charge in [0.2, 0.25) is 6.79 Å². The lowest BCUT2D eigenvalue weighted by molar-refractivity contribution is 0.174. The van der Waals surface area contributed by atoms with E-state index in [1.807, 2.05) is 0 Å². The number of halogens is 1. The van der Waals surface area contributed by atoms with Crippen LogP contribution >= 0.6 is 11.6 Å². The molecule has 0 spiro atoms. The van der Waals surface area contributed by atoms with Gasteiger partial charge in [-0.2, -0.15) is 0 Å². The lowest BCUT2D eigenvalue weighted by atomic mass is 10.3. The fourth-order valence-electron chi connectivity index (χ4n) is 1.29. The summed E-state index contributed by atoms with van der Waals surface area (Å²) in [4.78, 5) is 0.215. The van der Waals surface area contributed by atoms with Crippen LogP contribution in [-0.2, 0) is 9.84 Å². The van der Waals surface area contributed by atoms with E-state index in [0.717, 1.165) is 0 Å². The molecule has 0 bridgehead atoms. The van der Waals surface area contributed by atoms with Crippen molar-refractivity contribution in [2.45, 2.75) is 4.90 Å². The molecule has 0 aromatic heterocycles. The van der Waals surface area contributed by atoms with Gasteiger partial charge in [-0.1, -0.05) is 0 Å². The van der Waals surface area contributed by atoms with Crippen LogP contribution in [0.5, 0.6) is 11.5 Å². The van der Waals surface area contributed by atoms with Crippen molar-refractivity contribution in [1.29, 1.82) is 0 Å². The summed E-state index contributed by atoms with van der Waals surface area (Å²) in [6, 6.07) is 4.54. The Balaban J connectivity index is 2.38. The van der Waals surface area contributed by atoms with Gasteiger partial charge in [-0.15, -0.1) is 11.6 Å². The summed E-state index contributed by atoms with van der Waals surface area (Å²) in [7, 11) is -3.30. The summed E-state index contributed by atoms with van der Waals surface area (Å²) < 4.78 is 33.5. The van der Waals surface area contributed by atoms with Crippen LogP contribution < -0.4 is 9.47 Å². The van der Waals surface area contributed by atoms with Gasteiger partial charge in [0.05, 0.1) is 10.6 Å². The number of benzene rings is 1. The number of hydrogen-bond donors (Lipinski definition) is 0. The molecule has 0 saturated carbocycles. The minimum atomic E-state index is -3.30. The molecule has 15 heavy (non-hydrogen) atoms. The van der Waals surface area contributed by atoms with E-state index < -0.39 is 9.84 Å². The third kappa shape index (κ3) is 2.03. The van der Waals surface area contributed by atoms with E-state index in [-0.39, 0.29) is 23.3 Å². The van der Waals surface area contributed by atoms with Crippen LogP contribution in [0.4, 0.5) is 0 Å². The van der Waals surface area contributed by atoms with Crippen molar-refractivity contribution in [3.05, 3.63) is 18.2 Å². The molecule has 1 aliphatic heterocycles. The first-order valence-corrected chi connectivity index (χ1v) is 6.50. The van der Waals surface area contributed by atoms with Crippen LogP contribution in [0.2, 0.25) is 0 Å². The molecule has 1 heterocycles. The zero-order valence-electron chi connectivity index (χ0n) is 7.77. The Kier molecular flexibility index (Phi) is 2.75. The van der Waals surface area contributed by atoms with Crippen molar-refractivity contribution < 1.29 is 17.9 Å². The van der Waals surface area contributed by atoms with Gasteiger partial charge in [0.25, 0.3) is 0 Å². The third-order valence-electron chi connectivity index (χ3n) is 2.05. The molecule has 82 valence electrons. The highest BCUT2D eigenvalue weighted by Gasteiger charge is 2.19. The van der Waals surface area contributed by atoms with Gasteiger partial charge in [0, 0.05) is 11.9 Å². The summed E-state index contributed by atoms with van der Waals surface area (Å²) in [5, 5.41) is 0. The molecule has 0 unspecified atom stereocenters. The third-order valence-corrected chi connectivity index (χ3v) is 4.18. The summed E-state index contributed by atoms with van der Waals surface area (Å²) in [6.45, 7) is 0.133. The lowest BCUT2D eigenvalue weighted by Crippen LogP contribution is -2.07. The predicted octanol–water partition coefficient (Wildman–Crippen LogP) is 1.43. The Morgan fingerprint density at radius 3 is 2.73 bits per heavy atom. The number of alkyl halides is 1. The van der Waals surface area contributed by atoms with E-state index >= 15 is 0 Å². The molecule has 0 saturated heterocycles. The van der Waals surface area contributed by atoms with E-state index in [0.29, 0.717) is 11.5 Å². The van der Waals surface area contributed by atoms with E-state index in [4.69, 9.17) is 21.1 Å². The first-order chi connectivity index (χ1) is 7.13. The number of sulfone groups is 1. The average molecular weight is 249 g/mol. The second-order valence-corrected chi connectivity index (χ2v) is 5.51. The average Bonchev–Trinajstić information content (AvgIpc) is 2.63. The van der Waals surface area contributed by atoms with E-state index in [1.54, 1.807) is 6.07 Å². The fraction of sp³-hybridized carbons (Fsp3) is 0.333. The standard InChI is InChI=1S/C9H9ClO4S/c10-3-4-15(11,12)7-1-2-8-9(5-7)14-6-13-8/h1-2,5H,3-4,6H2. The summed E-state index contributed by atoms with van der Waals surface area (Å²) in [5.41, 5.74) is 0. The molecule has 2 rings (SSSR count). The first-order valence-electron chi connectivity index (χ1n) is 4.32. The number of fused-ring (bicyclic) bond motifs is 1. The largest absolute Gasteiger partial charge is 0.454 e. The Morgan fingerprint density at radius 1 is 1.27 bits per heavy atom. The van der Waals surface area contributed by atoms with Crippen LogP contribution in [0.25, 0.3) is 0 Å². The van der Waals surface area contributed by atoms with E-state index in [1.165, 1.54) is 12.1 Å². The second kappa shape index (κ2) is 3.90. The van der Waals surface area contributed by atoms with Crippen LogP contribution in [0.15, 0.2) is 23.1 Å². The molecule has 0 N–H and O–H groups in total. The summed E-state index contributed by atoms with van der Waals surface area (Å²) >= 11 is 5.42. The molecule has 4 nitrogen and oxygen atoms in total. The zero-order chi connectivity index (χ0) is 10.9. The maximum absolute atomic E-state index is 11.7. The van der Waals surface area contributed by atoms with Gasteiger partial charge >= 0.3 is 0 Å². The van der Waals surface area contributed by atoms with Gasteiger partial charge < -0.3 is 9.47 Å². The molecule has 0 aliphatic carbocycles. The molecule has 0 amide bonds. The molecule has 0 radical (unpaired) electrons. The molecule has 0 fully saturated rings. The zero-order valence-corrected chi connectivity index (χ0v) is 9.35. The molecule has 1 aromatic rings. The van der Waals surface area contributed by atoms with Crippen LogP contribution in [0.3, 0.4) is 0 Å². The summed E-state index contributed by atoms with van der Waals surface area (Å²) in [6.07, 6.45) is 0. The van der Waals surface area contributed by atoms with E-state index in [2.05, 4.69) is 0 Å². The maximum Gasteiger partial charge on any atom is 0.231 e. The second-order valence-electron chi connectivity index (χ2n) is 3.02. The minimum absolute atomic E-state index is 0.0752. The summed E-state index contributed by atoms with van der Waals surface area (Å²) in [5.74, 6) is 1.04. The Bertz CT molecular complexity index is 469. The maximum atomic E-state index is 11.7. The molecular weight excluding hydrogens is 240 g/mol. The van der Waals surface area contributed by atoms with Gasteiger partial charge in [0.1, 0.15) is 0 Å². The van der Waals surface area contributed by atoms with Gasteiger partial charge in [-0.3, -0.25) is 0 Å². The van der Waals surface area contributed by atoms with Gasteiger partial charge in [-0.05, 0) is 12.1 Å². The van der Waals surface area contributed by atoms with Crippen LogP contribution in [0.1, 0.15) is 0 Å². The van der Waals surface area contributed by atoms with Gasteiger partial charge in [0.15, 0.2) is 21.3 Å². The Labute approximate surface area is 92.7 Å². The monoisotopic (exact) mass is 248 g/mol. The van der Waals surface area contributed by atoms with Crippen LogP contribution in [0, 0.1) is 0 Å². The Hall–Kier alpha value is -0.940. The van der Waals surface area contributed by atoms with Crippen molar-refractivity contribution in [3.63, 3.8) is 0 Å². The molecule has 1 aromatic carbocycles. The topological polar surface area (TPSA) is 52.6 Å².